The number of aromatic amines is 1. The zero-order valence-corrected chi connectivity index (χ0v) is 11.0. The van der Waals surface area contributed by atoms with Crippen LogP contribution in [0.25, 0.3) is 22.0 Å². The Labute approximate surface area is 111 Å². The number of nitrogens with one attached hydrogen (secondary N) is 2. The zero-order valence-electron chi connectivity index (χ0n) is 11.0. The third-order valence-electron chi connectivity index (χ3n) is 3.02. The average Bonchev–Trinajstić information content (AvgIpc) is 2.92. The highest BCUT2D eigenvalue weighted by molar-refractivity contribution is 5.94. The van der Waals surface area contributed by atoms with Gasteiger partial charge in [0, 0.05) is 35.1 Å². The van der Waals surface area contributed by atoms with E-state index in [1.807, 2.05) is 30.7 Å². The Hall–Kier alpha value is -2.36. The molecule has 96 valence electrons. The van der Waals surface area contributed by atoms with E-state index >= 15 is 0 Å². The molecule has 2 N–H and O–H groups in total. The number of pyridine rings is 1. The van der Waals surface area contributed by atoms with Crippen LogP contribution in [-0.2, 0) is 0 Å². The topological polar surface area (TPSA) is 53.6 Å². The van der Waals surface area contributed by atoms with Crippen LogP contribution in [-0.4, -0.2) is 21.2 Å². The molecule has 1 aromatic carbocycles. The highest BCUT2D eigenvalue weighted by Gasteiger charge is 2.06. The summed E-state index contributed by atoms with van der Waals surface area (Å²) in [4.78, 5) is 4.41. The van der Waals surface area contributed by atoms with Crippen molar-refractivity contribution >= 4 is 16.6 Å². The molecule has 4 nitrogen and oxygen atoms in total. The SMILES string of the molecule is CC(C)Nc1ccnc2ccc(-c3cn[nH]c3)cc12. The van der Waals surface area contributed by atoms with Gasteiger partial charge in [-0.15, -0.1) is 0 Å². The lowest BCUT2D eigenvalue weighted by molar-refractivity contribution is 0.901. The fourth-order valence-electron chi connectivity index (χ4n) is 2.17. The van der Waals surface area contributed by atoms with Gasteiger partial charge in [-0.2, -0.15) is 5.10 Å². The number of fused-ring (bicyclic) bond motifs is 1. The van der Waals surface area contributed by atoms with Crippen LogP contribution >= 0.6 is 0 Å². The van der Waals surface area contributed by atoms with Gasteiger partial charge in [0.25, 0.3) is 0 Å². The van der Waals surface area contributed by atoms with Gasteiger partial charge in [-0.05, 0) is 37.6 Å². The first-order valence-electron chi connectivity index (χ1n) is 6.38. The van der Waals surface area contributed by atoms with Gasteiger partial charge in [-0.1, -0.05) is 6.07 Å². The summed E-state index contributed by atoms with van der Waals surface area (Å²) in [5.41, 5.74) is 4.34. The lowest BCUT2D eigenvalue weighted by atomic mass is 10.1. The van der Waals surface area contributed by atoms with Crippen LogP contribution in [0.2, 0.25) is 0 Å². The van der Waals surface area contributed by atoms with Gasteiger partial charge < -0.3 is 5.32 Å². The number of H-pyrrole nitrogens is 1. The number of rotatable bonds is 3. The first-order chi connectivity index (χ1) is 9.24. The molecule has 0 saturated carbocycles. The maximum atomic E-state index is 4.41. The maximum absolute atomic E-state index is 4.41. The second-order valence-electron chi connectivity index (χ2n) is 4.88. The predicted molar refractivity (Wildman–Crippen MR) is 78.1 cm³/mol. The molecule has 0 spiro atoms. The highest BCUT2D eigenvalue weighted by Crippen LogP contribution is 2.27. The van der Waals surface area contributed by atoms with Crippen LogP contribution in [0.1, 0.15) is 13.8 Å². The van der Waals surface area contributed by atoms with Crippen molar-refractivity contribution in [2.24, 2.45) is 0 Å². The minimum Gasteiger partial charge on any atom is -0.382 e. The van der Waals surface area contributed by atoms with Crippen molar-refractivity contribution in [3.8, 4) is 11.1 Å². The summed E-state index contributed by atoms with van der Waals surface area (Å²) in [7, 11) is 0. The Bertz CT molecular complexity index is 686. The number of nitrogens with zero attached hydrogens (tertiary/aromatic N) is 2. The molecule has 0 aliphatic rings. The van der Waals surface area contributed by atoms with Crippen molar-refractivity contribution in [3.63, 3.8) is 0 Å². The average molecular weight is 252 g/mol. The van der Waals surface area contributed by atoms with E-state index in [1.54, 1.807) is 0 Å². The van der Waals surface area contributed by atoms with Crippen molar-refractivity contribution in [1.82, 2.24) is 15.2 Å². The van der Waals surface area contributed by atoms with E-state index in [-0.39, 0.29) is 0 Å². The second-order valence-corrected chi connectivity index (χ2v) is 4.88. The standard InChI is InChI=1S/C15H16N4/c1-10(2)19-15-5-6-16-14-4-3-11(7-13(14)15)12-8-17-18-9-12/h3-10H,1-2H3,(H,16,19)(H,17,18). The first kappa shape index (κ1) is 11.7. The molecule has 4 heteroatoms. The molecule has 3 aromatic rings. The van der Waals surface area contributed by atoms with Crippen LogP contribution in [0, 0.1) is 0 Å². The molecule has 2 aromatic heterocycles. The van der Waals surface area contributed by atoms with E-state index in [4.69, 9.17) is 0 Å². The molecule has 0 unspecified atom stereocenters. The second kappa shape index (κ2) is 4.72. The molecule has 0 amide bonds. The summed E-state index contributed by atoms with van der Waals surface area (Å²) in [5, 5.41) is 11.4. The van der Waals surface area contributed by atoms with Crippen molar-refractivity contribution in [1.29, 1.82) is 0 Å². The van der Waals surface area contributed by atoms with E-state index in [1.165, 1.54) is 0 Å². The minimum absolute atomic E-state index is 0.392. The summed E-state index contributed by atoms with van der Waals surface area (Å²) in [6.45, 7) is 4.26. The summed E-state index contributed by atoms with van der Waals surface area (Å²) < 4.78 is 0. The zero-order chi connectivity index (χ0) is 13.2. The van der Waals surface area contributed by atoms with Crippen LogP contribution < -0.4 is 5.32 Å². The van der Waals surface area contributed by atoms with Crippen LogP contribution in [0.5, 0.6) is 0 Å². The number of anilines is 1. The van der Waals surface area contributed by atoms with E-state index in [9.17, 15) is 0 Å². The molecule has 0 bridgehead atoms. The molecule has 0 atom stereocenters. The molecular formula is C15H16N4. The Morgan fingerprint density at radius 3 is 2.79 bits per heavy atom. The van der Waals surface area contributed by atoms with Crippen LogP contribution in [0.3, 0.4) is 0 Å². The van der Waals surface area contributed by atoms with Crippen LogP contribution in [0.15, 0.2) is 42.9 Å². The van der Waals surface area contributed by atoms with Crippen molar-refractivity contribution in [2.45, 2.75) is 19.9 Å². The molecule has 0 radical (unpaired) electrons. The normalized spacial score (nSPS) is 11.1. The molecule has 2 heterocycles. The molecule has 0 aliphatic heterocycles. The van der Waals surface area contributed by atoms with E-state index in [0.717, 1.165) is 27.7 Å². The largest absolute Gasteiger partial charge is 0.382 e. The summed E-state index contributed by atoms with van der Waals surface area (Å²) in [5.74, 6) is 0. The van der Waals surface area contributed by atoms with Gasteiger partial charge in [0.1, 0.15) is 0 Å². The Balaban J connectivity index is 2.15. The van der Waals surface area contributed by atoms with E-state index in [2.05, 4.69) is 46.5 Å². The molecule has 0 saturated heterocycles. The van der Waals surface area contributed by atoms with Crippen molar-refractivity contribution in [2.75, 3.05) is 5.32 Å². The molecule has 19 heavy (non-hydrogen) atoms. The van der Waals surface area contributed by atoms with Gasteiger partial charge >= 0.3 is 0 Å². The first-order valence-corrected chi connectivity index (χ1v) is 6.38. The summed E-state index contributed by atoms with van der Waals surface area (Å²) in [6.07, 6.45) is 5.56. The number of hydrogen-bond donors (Lipinski definition) is 2. The third kappa shape index (κ3) is 2.29. The van der Waals surface area contributed by atoms with E-state index < -0.39 is 0 Å². The quantitative estimate of drug-likeness (QED) is 0.750. The van der Waals surface area contributed by atoms with Crippen LogP contribution in [0.4, 0.5) is 5.69 Å². The Kier molecular flexibility index (Phi) is 2.91. The van der Waals surface area contributed by atoms with Gasteiger partial charge in [-0.25, -0.2) is 0 Å². The van der Waals surface area contributed by atoms with Gasteiger partial charge in [0.15, 0.2) is 0 Å². The maximum Gasteiger partial charge on any atom is 0.0723 e. The van der Waals surface area contributed by atoms with Gasteiger partial charge in [-0.3, -0.25) is 10.1 Å². The third-order valence-corrected chi connectivity index (χ3v) is 3.02. The summed E-state index contributed by atoms with van der Waals surface area (Å²) in [6, 6.07) is 8.67. The van der Waals surface area contributed by atoms with Crippen molar-refractivity contribution in [3.05, 3.63) is 42.9 Å². The van der Waals surface area contributed by atoms with Gasteiger partial charge in [0.05, 0.1) is 11.7 Å². The lowest BCUT2D eigenvalue weighted by Gasteiger charge is -2.13. The fraction of sp³-hybridized carbons (Fsp3) is 0.200. The molecular weight excluding hydrogens is 236 g/mol. The highest BCUT2D eigenvalue weighted by atomic mass is 15.1. The number of hydrogen-bond acceptors (Lipinski definition) is 3. The number of aromatic nitrogens is 3. The molecule has 0 aliphatic carbocycles. The van der Waals surface area contributed by atoms with E-state index in [0.29, 0.717) is 6.04 Å². The summed E-state index contributed by atoms with van der Waals surface area (Å²) >= 11 is 0. The molecule has 0 fully saturated rings. The molecule has 3 rings (SSSR count). The fourth-order valence-corrected chi connectivity index (χ4v) is 2.17. The monoisotopic (exact) mass is 252 g/mol. The smallest absolute Gasteiger partial charge is 0.0723 e. The van der Waals surface area contributed by atoms with Crippen molar-refractivity contribution < 1.29 is 0 Å². The van der Waals surface area contributed by atoms with Gasteiger partial charge in [0.2, 0.25) is 0 Å². The Morgan fingerprint density at radius 2 is 2.05 bits per heavy atom. The minimum atomic E-state index is 0.392. The number of benzene rings is 1. The predicted octanol–water partition coefficient (Wildman–Crippen LogP) is 3.45. The lowest BCUT2D eigenvalue weighted by Crippen LogP contribution is -2.10. The Morgan fingerprint density at radius 1 is 1.16 bits per heavy atom.